The zero-order valence-electron chi connectivity index (χ0n) is 14.8. The van der Waals surface area contributed by atoms with Gasteiger partial charge in [-0.25, -0.2) is 0 Å². The van der Waals surface area contributed by atoms with Crippen molar-refractivity contribution in [2.45, 2.75) is 39.7 Å². The summed E-state index contributed by atoms with van der Waals surface area (Å²) in [7, 11) is 1.51. The Kier molecular flexibility index (Phi) is 7.54. The van der Waals surface area contributed by atoms with Crippen molar-refractivity contribution in [1.82, 2.24) is 10.6 Å². The lowest BCUT2D eigenvalue weighted by molar-refractivity contribution is -0.121. The standard InChI is InChI=1S/C17H25BrN2O4/c1-6-7-24-15-12(18)8-11(9-13(15)23-5)16(22)19-10-14(21)20-17(2,3)4/h8-9H,6-7,10H2,1-5H3,(H,19,22)(H,20,21). The molecular formula is C17H25BrN2O4. The maximum Gasteiger partial charge on any atom is 0.251 e. The molecule has 134 valence electrons. The molecular weight excluding hydrogens is 376 g/mol. The number of methoxy groups -OCH3 is 1. The van der Waals surface area contributed by atoms with E-state index in [0.717, 1.165) is 6.42 Å². The zero-order chi connectivity index (χ0) is 18.3. The first-order chi connectivity index (χ1) is 11.2. The summed E-state index contributed by atoms with van der Waals surface area (Å²) in [6.45, 7) is 8.10. The number of hydrogen-bond acceptors (Lipinski definition) is 4. The quantitative estimate of drug-likeness (QED) is 0.737. The average Bonchev–Trinajstić information content (AvgIpc) is 2.49. The lowest BCUT2D eigenvalue weighted by atomic mass is 10.1. The molecule has 0 aromatic heterocycles. The Hall–Kier alpha value is -1.76. The van der Waals surface area contributed by atoms with Gasteiger partial charge in [0.1, 0.15) is 0 Å². The van der Waals surface area contributed by atoms with Gasteiger partial charge in [-0.2, -0.15) is 0 Å². The molecule has 0 unspecified atom stereocenters. The predicted octanol–water partition coefficient (Wildman–Crippen LogP) is 2.89. The monoisotopic (exact) mass is 400 g/mol. The average molecular weight is 401 g/mol. The third-order valence-corrected chi connectivity index (χ3v) is 3.46. The second-order valence-corrected chi connectivity index (χ2v) is 7.17. The van der Waals surface area contributed by atoms with Gasteiger partial charge in [-0.3, -0.25) is 9.59 Å². The number of carbonyl (C=O) groups is 2. The normalized spacial score (nSPS) is 10.9. The van der Waals surface area contributed by atoms with Crippen LogP contribution in [0.5, 0.6) is 11.5 Å². The molecule has 6 nitrogen and oxygen atoms in total. The van der Waals surface area contributed by atoms with Gasteiger partial charge >= 0.3 is 0 Å². The smallest absolute Gasteiger partial charge is 0.251 e. The fourth-order valence-electron chi connectivity index (χ4n) is 1.92. The van der Waals surface area contributed by atoms with E-state index in [4.69, 9.17) is 9.47 Å². The summed E-state index contributed by atoms with van der Waals surface area (Å²) in [4.78, 5) is 24.0. The Morgan fingerprint density at radius 3 is 2.46 bits per heavy atom. The summed E-state index contributed by atoms with van der Waals surface area (Å²) in [6.07, 6.45) is 0.862. The van der Waals surface area contributed by atoms with Gasteiger partial charge in [0.25, 0.3) is 5.91 Å². The highest BCUT2D eigenvalue weighted by Crippen LogP contribution is 2.36. The second kappa shape index (κ2) is 8.92. The van der Waals surface area contributed by atoms with Crippen LogP contribution < -0.4 is 20.1 Å². The molecule has 2 amide bonds. The van der Waals surface area contributed by atoms with Gasteiger partial charge in [-0.05, 0) is 55.3 Å². The van der Waals surface area contributed by atoms with Crippen LogP contribution in [0.2, 0.25) is 0 Å². The van der Waals surface area contributed by atoms with E-state index in [1.54, 1.807) is 12.1 Å². The lowest BCUT2D eigenvalue weighted by Crippen LogP contribution is -2.45. The highest BCUT2D eigenvalue weighted by atomic mass is 79.9. The van der Waals surface area contributed by atoms with Gasteiger partial charge < -0.3 is 20.1 Å². The summed E-state index contributed by atoms with van der Waals surface area (Å²) >= 11 is 3.39. The van der Waals surface area contributed by atoms with E-state index in [1.165, 1.54) is 7.11 Å². The van der Waals surface area contributed by atoms with Crippen LogP contribution in [0.15, 0.2) is 16.6 Å². The molecule has 1 rings (SSSR count). The van der Waals surface area contributed by atoms with Crippen LogP contribution in [0.25, 0.3) is 0 Å². The first-order valence-corrected chi connectivity index (χ1v) is 8.56. The van der Waals surface area contributed by atoms with E-state index >= 15 is 0 Å². The van der Waals surface area contributed by atoms with Crippen LogP contribution in [0.4, 0.5) is 0 Å². The van der Waals surface area contributed by atoms with Crippen molar-refractivity contribution in [1.29, 1.82) is 0 Å². The maximum absolute atomic E-state index is 12.3. The third kappa shape index (κ3) is 6.39. The van der Waals surface area contributed by atoms with Crippen LogP contribution in [-0.4, -0.2) is 37.6 Å². The summed E-state index contributed by atoms with van der Waals surface area (Å²) in [5.41, 5.74) is 0.0397. The van der Waals surface area contributed by atoms with Crippen molar-refractivity contribution in [2.75, 3.05) is 20.3 Å². The molecule has 24 heavy (non-hydrogen) atoms. The van der Waals surface area contributed by atoms with Crippen molar-refractivity contribution < 1.29 is 19.1 Å². The molecule has 0 aliphatic heterocycles. The first-order valence-electron chi connectivity index (χ1n) is 7.77. The van der Waals surface area contributed by atoms with E-state index in [0.29, 0.717) is 28.1 Å². The summed E-state index contributed by atoms with van der Waals surface area (Å²) in [6, 6.07) is 3.23. The number of ether oxygens (including phenoxy) is 2. The molecule has 0 aliphatic carbocycles. The molecule has 0 heterocycles. The number of carbonyl (C=O) groups excluding carboxylic acids is 2. The fourth-order valence-corrected chi connectivity index (χ4v) is 2.48. The van der Waals surface area contributed by atoms with Crippen molar-refractivity contribution in [3.8, 4) is 11.5 Å². The van der Waals surface area contributed by atoms with E-state index < -0.39 is 0 Å². The van der Waals surface area contributed by atoms with Gasteiger partial charge in [0, 0.05) is 11.1 Å². The minimum Gasteiger partial charge on any atom is -0.493 e. The minimum absolute atomic E-state index is 0.0931. The zero-order valence-corrected chi connectivity index (χ0v) is 16.4. The SMILES string of the molecule is CCCOc1c(Br)cc(C(=O)NCC(=O)NC(C)(C)C)cc1OC. The fraction of sp³-hybridized carbons (Fsp3) is 0.529. The number of hydrogen-bond donors (Lipinski definition) is 2. The number of rotatable bonds is 7. The Morgan fingerprint density at radius 2 is 1.92 bits per heavy atom. The van der Waals surface area contributed by atoms with Crippen LogP contribution in [0.1, 0.15) is 44.5 Å². The summed E-state index contributed by atoms with van der Waals surface area (Å²) in [5, 5.41) is 5.38. The molecule has 0 spiro atoms. The van der Waals surface area contributed by atoms with E-state index in [2.05, 4.69) is 26.6 Å². The topological polar surface area (TPSA) is 76.7 Å². The molecule has 1 aromatic rings. The van der Waals surface area contributed by atoms with Crippen LogP contribution in [0, 0.1) is 0 Å². The second-order valence-electron chi connectivity index (χ2n) is 6.32. The molecule has 0 saturated heterocycles. The first kappa shape index (κ1) is 20.3. The summed E-state index contributed by atoms with van der Waals surface area (Å²) in [5.74, 6) is 0.411. The van der Waals surface area contributed by atoms with Gasteiger partial charge in [0.15, 0.2) is 11.5 Å². The third-order valence-electron chi connectivity index (χ3n) is 2.87. The Bertz CT molecular complexity index is 597. The molecule has 0 aliphatic rings. The van der Waals surface area contributed by atoms with Gasteiger partial charge in [-0.1, -0.05) is 6.92 Å². The van der Waals surface area contributed by atoms with Gasteiger partial charge in [0.05, 0.1) is 24.7 Å². The number of benzene rings is 1. The Labute approximate surface area is 151 Å². The van der Waals surface area contributed by atoms with Gasteiger partial charge in [-0.15, -0.1) is 0 Å². The maximum atomic E-state index is 12.3. The van der Waals surface area contributed by atoms with Crippen LogP contribution >= 0.6 is 15.9 Å². The molecule has 7 heteroatoms. The number of nitrogens with one attached hydrogen (secondary N) is 2. The summed E-state index contributed by atoms with van der Waals surface area (Å²) < 4.78 is 11.5. The lowest BCUT2D eigenvalue weighted by Gasteiger charge is -2.20. The predicted molar refractivity (Wildman–Crippen MR) is 96.7 cm³/mol. The molecule has 0 fully saturated rings. The van der Waals surface area contributed by atoms with E-state index in [1.807, 2.05) is 27.7 Å². The molecule has 0 bridgehead atoms. The van der Waals surface area contributed by atoms with Crippen LogP contribution in [0.3, 0.4) is 0 Å². The molecule has 1 aromatic carbocycles. The Morgan fingerprint density at radius 1 is 1.25 bits per heavy atom. The highest BCUT2D eigenvalue weighted by Gasteiger charge is 2.17. The van der Waals surface area contributed by atoms with E-state index in [-0.39, 0.29) is 23.9 Å². The number of halogens is 1. The minimum atomic E-state index is -0.361. The van der Waals surface area contributed by atoms with E-state index in [9.17, 15) is 9.59 Å². The van der Waals surface area contributed by atoms with Crippen molar-refractivity contribution in [3.05, 3.63) is 22.2 Å². The number of amides is 2. The molecule has 2 N–H and O–H groups in total. The molecule has 0 saturated carbocycles. The molecule has 0 radical (unpaired) electrons. The largest absolute Gasteiger partial charge is 0.493 e. The van der Waals surface area contributed by atoms with Crippen molar-refractivity contribution >= 4 is 27.7 Å². The van der Waals surface area contributed by atoms with Crippen molar-refractivity contribution in [3.63, 3.8) is 0 Å². The Balaban J connectivity index is 2.81. The highest BCUT2D eigenvalue weighted by molar-refractivity contribution is 9.10. The molecule has 0 atom stereocenters. The van der Waals surface area contributed by atoms with Gasteiger partial charge in [0.2, 0.25) is 5.91 Å². The van der Waals surface area contributed by atoms with Crippen molar-refractivity contribution in [2.24, 2.45) is 0 Å². The van der Waals surface area contributed by atoms with Crippen LogP contribution in [-0.2, 0) is 4.79 Å².